The van der Waals surface area contributed by atoms with E-state index in [0.29, 0.717) is 5.69 Å². The van der Waals surface area contributed by atoms with Crippen molar-refractivity contribution in [2.24, 2.45) is 10.3 Å². The Kier molecular flexibility index (Phi) is 2.95. The molecule has 0 fully saturated rings. The minimum atomic E-state index is -0.227. The SMILES string of the molecule is CC(=O)NN=Nc1ccccc1. The summed E-state index contributed by atoms with van der Waals surface area (Å²) in [6.07, 6.45) is 0. The second-order valence-corrected chi connectivity index (χ2v) is 2.20. The molecule has 4 heteroatoms. The molecule has 0 heterocycles. The molecular weight excluding hydrogens is 154 g/mol. The molecule has 0 bridgehead atoms. The van der Waals surface area contributed by atoms with E-state index in [2.05, 4.69) is 15.8 Å². The molecule has 0 aromatic heterocycles. The van der Waals surface area contributed by atoms with Crippen LogP contribution in [0, 0.1) is 0 Å². The molecule has 0 spiro atoms. The van der Waals surface area contributed by atoms with Crippen molar-refractivity contribution in [3.63, 3.8) is 0 Å². The Morgan fingerprint density at radius 2 is 2.00 bits per heavy atom. The maximum Gasteiger partial charge on any atom is 0.238 e. The van der Waals surface area contributed by atoms with Crippen LogP contribution >= 0.6 is 0 Å². The molecule has 1 aromatic rings. The predicted molar refractivity (Wildman–Crippen MR) is 44.8 cm³/mol. The molecule has 1 rings (SSSR count). The lowest BCUT2D eigenvalue weighted by Gasteiger charge is -1.90. The van der Waals surface area contributed by atoms with Crippen LogP contribution in [-0.4, -0.2) is 5.91 Å². The van der Waals surface area contributed by atoms with Gasteiger partial charge in [0.15, 0.2) is 0 Å². The lowest BCUT2D eigenvalue weighted by molar-refractivity contribution is -0.119. The number of amides is 1. The van der Waals surface area contributed by atoms with Crippen LogP contribution < -0.4 is 5.43 Å². The smallest absolute Gasteiger partial charge is 0.238 e. The van der Waals surface area contributed by atoms with Gasteiger partial charge < -0.3 is 0 Å². The summed E-state index contributed by atoms with van der Waals surface area (Å²) in [6.45, 7) is 1.38. The minimum Gasteiger partial charge on any atom is -0.273 e. The van der Waals surface area contributed by atoms with E-state index in [1.807, 2.05) is 18.2 Å². The van der Waals surface area contributed by atoms with Crippen LogP contribution in [0.15, 0.2) is 40.7 Å². The van der Waals surface area contributed by atoms with Crippen LogP contribution in [-0.2, 0) is 4.79 Å². The van der Waals surface area contributed by atoms with Crippen molar-refractivity contribution in [1.82, 2.24) is 5.43 Å². The molecule has 1 aromatic carbocycles. The lowest BCUT2D eigenvalue weighted by atomic mass is 10.3. The first-order valence-electron chi connectivity index (χ1n) is 3.51. The Balaban J connectivity index is 2.52. The maximum atomic E-state index is 10.4. The second-order valence-electron chi connectivity index (χ2n) is 2.20. The molecule has 0 unspecified atom stereocenters. The Labute approximate surface area is 70.3 Å². The molecule has 0 radical (unpaired) electrons. The fraction of sp³-hybridized carbons (Fsp3) is 0.125. The van der Waals surface area contributed by atoms with Crippen molar-refractivity contribution in [2.75, 3.05) is 0 Å². The van der Waals surface area contributed by atoms with Crippen LogP contribution in [0.4, 0.5) is 5.69 Å². The van der Waals surface area contributed by atoms with E-state index in [1.165, 1.54) is 6.92 Å². The third-order valence-electron chi connectivity index (χ3n) is 1.13. The zero-order chi connectivity index (χ0) is 8.81. The lowest BCUT2D eigenvalue weighted by Crippen LogP contribution is -2.10. The minimum absolute atomic E-state index is 0.227. The molecule has 0 saturated heterocycles. The number of rotatable bonds is 2. The van der Waals surface area contributed by atoms with Gasteiger partial charge in [-0.05, 0) is 12.1 Å². The number of carbonyl (C=O) groups excluding carboxylic acids is 1. The first-order valence-corrected chi connectivity index (χ1v) is 3.51. The zero-order valence-corrected chi connectivity index (χ0v) is 6.69. The van der Waals surface area contributed by atoms with Crippen molar-refractivity contribution in [2.45, 2.75) is 6.92 Å². The number of hydrogen-bond acceptors (Lipinski definition) is 3. The predicted octanol–water partition coefficient (Wildman–Crippen LogP) is 1.82. The van der Waals surface area contributed by atoms with Crippen LogP contribution in [0.3, 0.4) is 0 Å². The van der Waals surface area contributed by atoms with Gasteiger partial charge in [0.2, 0.25) is 5.91 Å². The van der Waals surface area contributed by atoms with E-state index in [0.717, 1.165) is 0 Å². The molecule has 0 saturated carbocycles. The summed E-state index contributed by atoms with van der Waals surface area (Å²) in [6, 6.07) is 9.18. The van der Waals surface area contributed by atoms with Crippen LogP contribution in [0.25, 0.3) is 0 Å². The highest BCUT2D eigenvalue weighted by Crippen LogP contribution is 2.08. The quantitative estimate of drug-likeness (QED) is 0.524. The van der Waals surface area contributed by atoms with E-state index >= 15 is 0 Å². The van der Waals surface area contributed by atoms with Crippen LogP contribution in [0.5, 0.6) is 0 Å². The topological polar surface area (TPSA) is 53.8 Å². The van der Waals surface area contributed by atoms with E-state index in [1.54, 1.807) is 12.1 Å². The number of benzene rings is 1. The standard InChI is InChI=1S/C8H9N3O/c1-7(12)9-11-10-8-5-3-2-4-6-8/h2-6H,1H3,(H,9,10,12). The Bertz CT molecular complexity index is 282. The molecule has 1 amide bonds. The molecule has 1 N–H and O–H groups in total. The highest BCUT2D eigenvalue weighted by atomic mass is 16.2. The number of hydrogen-bond donors (Lipinski definition) is 1. The second kappa shape index (κ2) is 4.23. The average molecular weight is 163 g/mol. The summed E-state index contributed by atoms with van der Waals surface area (Å²) >= 11 is 0. The number of nitrogens with zero attached hydrogens (tertiary/aromatic N) is 2. The molecular formula is C8H9N3O. The first-order chi connectivity index (χ1) is 5.79. The Morgan fingerprint density at radius 1 is 1.33 bits per heavy atom. The molecule has 62 valence electrons. The van der Waals surface area contributed by atoms with Gasteiger partial charge in [0.1, 0.15) is 0 Å². The van der Waals surface area contributed by atoms with E-state index in [4.69, 9.17) is 0 Å². The van der Waals surface area contributed by atoms with Gasteiger partial charge in [-0.3, -0.25) is 4.79 Å². The Morgan fingerprint density at radius 3 is 2.58 bits per heavy atom. The van der Waals surface area contributed by atoms with Crippen molar-refractivity contribution in [3.8, 4) is 0 Å². The zero-order valence-electron chi connectivity index (χ0n) is 6.69. The normalized spacial score (nSPS) is 10.1. The third-order valence-corrected chi connectivity index (χ3v) is 1.13. The summed E-state index contributed by atoms with van der Waals surface area (Å²) in [5.41, 5.74) is 2.93. The highest BCUT2D eigenvalue weighted by Gasteiger charge is 1.85. The molecule has 0 aliphatic heterocycles. The van der Waals surface area contributed by atoms with Gasteiger partial charge >= 0.3 is 0 Å². The largest absolute Gasteiger partial charge is 0.273 e. The van der Waals surface area contributed by atoms with Crippen LogP contribution in [0.2, 0.25) is 0 Å². The maximum absolute atomic E-state index is 10.4. The third kappa shape index (κ3) is 2.92. The fourth-order valence-corrected chi connectivity index (χ4v) is 0.648. The van der Waals surface area contributed by atoms with Crippen molar-refractivity contribution in [1.29, 1.82) is 0 Å². The van der Waals surface area contributed by atoms with E-state index < -0.39 is 0 Å². The summed E-state index contributed by atoms with van der Waals surface area (Å²) in [4.78, 5) is 10.4. The molecule has 12 heavy (non-hydrogen) atoms. The van der Waals surface area contributed by atoms with Gasteiger partial charge in [-0.15, -0.1) is 5.11 Å². The molecule has 4 nitrogen and oxygen atoms in total. The average Bonchev–Trinajstić information content (AvgIpc) is 2.05. The molecule has 0 aliphatic carbocycles. The highest BCUT2D eigenvalue weighted by molar-refractivity contribution is 5.72. The van der Waals surface area contributed by atoms with Gasteiger partial charge in [-0.25, -0.2) is 5.43 Å². The van der Waals surface area contributed by atoms with E-state index in [-0.39, 0.29) is 5.91 Å². The summed E-state index contributed by atoms with van der Waals surface area (Å²) in [7, 11) is 0. The first kappa shape index (κ1) is 8.39. The Hall–Kier alpha value is -1.71. The van der Waals surface area contributed by atoms with Crippen molar-refractivity contribution in [3.05, 3.63) is 30.3 Å². The number of carbonyl (C=O) groups is 1. The van der Waals surface area contributed by atoms with Crippen molar-refractivity contribution >= 4 is 11.6 Å². The molecule has 0 aliphatic rings. The monoisotopic (exact) mass is 163 g/mol. The molecule has 0 atom stereocenters. The van der Waals surface area contributed by atoms with E-state index in [9.17, 15) is 4.79 Å². The van der Waals surface area contributed by atoms with Gasteiger partial charge in [-0.1, -0.05) is 23.4 Å². The van der Waals surface area contributed by atoms with Gasteiger partial charge in [-0.2, -0.15) is 0 Å². The van der Waals surface area contributed by atoms with Gasteiger partial charge in [0.05, 0.1) is 5.69 Å². The summed E-state index contributed by atoms with van der Waals surface area (Å²) < 4.78 is 0. The van der Waals surface area contributed by atoms with Gasteiger partial charge in [0, 0.05) is 6.92 Å². The number of nitrogens with one attached hydrogen (secondary N) is 1. The van der Waals surface area contributed by atoms with Crippen molar-refractivity contribution < 1.29 is 4.79 Å². The van der Waals surface area contributed by atoms with Gasteiger partial charge in [0.25, 0.3) is 0 Å². The fourth-order valence-electron chi connectivity index (χ4n) is 0.648. The summed E-state index contributed by atoms with van der Waals surface area (Å²) in [5, 5.41) is 7.21. The summed E-state index contributed by atoms with van der Waals surface area (Å²) in [5.74, 6) is -0.227. The van der Waals surface area contributed by atoms with Crippen LogP contribution in [0.1, 0.15) is 6.92 Å².